The van der Waals surface area contributed by atoms with Crippen LogP contribution in [0.5, 0.6) is 0 Å². The predicted octanol–water partition coefficient (Wildman–Crippen LogP) is 3.47. The Hall–Kier alpha value is -1.16. The van der Waals surface area contributed by atoms with E-state index in [1.807, 2.05) is 0 Å². The molecule has 1 aliphatic heterocycles. The van der Waals surface area contributed by atoms with E-state index in [1.54, 1.807) is 12.1 Å². The Bertz CT molecular complexity index is 454. The molecule has 1 aliphatic rings. The van der Waals surface area contributed by atoms with Crippen molar-refractivity contribution in [1.29, 1.82) is 0 Å². The summed E-state index contributed by atoms with van der Waals surface area (Å²) in [7, 11) is 0. The molecule has 0 spiro atoms. The second-order valence-electron chi connectivity index (χ2n) is 3.49. The minimum Gasteiger partial charge on any atom is -0.490 e. The molecule has 0 atom stereocenters. The number of hydrogen-bond donors (Lipinski definition) is 0. The molecular weight excluding hydrogens is 275 g/mol. The van der Waals surface area contributed by atoms with Gasteiger partial charge in [0.05, 0.1) is 11.1 Å². The van der Waals surface area contributed by atoms with Gasteiger partial charge >= 0.3 is 0 Å². The SMILES string of the molecule is O=C(C1=CCCCO1)c1cccc(F)c1Br. The van der Waals surface area contributed by atoms with E-state index in [2.05, 4.69) is 15.9 Å². The number of ketones is 1. The summed E-state index contributed by atoms with van der Waals surface area (Å²) in [5.74, 6) is -0.397. The van der Waals surface area contributed by atoms with Crippen LogP contribution >= 0.6 is 15.9 Å². The predicted molar refractivity (Wildman–Crippen MR) is 61.7 cm³/mol. The number of halogens is 2. The first kappa shape index (κ1) is 11.3. The van der Waals surface area contributed by atoms with Crippen molar-refractivity contribution in [2.75, 3.05) is 6.61 Å². The van der Waals surface area contributed by atoms with Crippen LogP contribution in [0.2, 0.25) is 0 Å². The second kappa shape index (κ2) is 4.78. The van der Waals surface area contributed by atoms with Crippen LogP contribution in [0.1, 0.15) is 23.2 Å². The summed E-state index contributed by atoms with van der Waals surface area (Å²) >= 11 is 3.07. The lowest BCUT2D eigenvalue weighted by molar-refractivity contribution is 0.0898. The fraction of sp³-hybridized carbons (Fsp3) is 0.250. The van der Waals surface area contributed by atoms with Crippen molar-refractivity contribution in [2.45, 2.75) is 12.8 Å². The van der Waals surface area contributed by atoms with Crippen molar-refractivity contribution in [3.8, 4) is 0 Å². The van der Waals surface area contributed by atoms with Crippen molar-refractivity contribution in [1.82, 2.24) is 0 Å². The van der Waals surface area contributed by atoms with Crippen molar-refractivity contribution >= 4 is 21.7 Å². The number of ether oxygens (including phenoxy) is 1. The molecule has 1 heterocycles. The topological polar surface area (TPSA) is 26.3 Å². The number of rotatable bonds is 2. The standard InChI is InChI=1S/C12H10BrFO2/c13-11-8(4-3-5-9(11)14)12(15)10-6-1-2-7-16-10/h3-6H,1-2,7H2. The maximum Gasteiger partial charge on any atom is 0.228 e. The average Bonchev–Trinajstić information content (AvgIpc) is 2.33. The monoisotopic (exact) mass is 284 g/mol. The Balaban J connectivity index is 2.33. The molecule has 0 fully saturated rings. The summed E-state index contributed by atoms with van der Waals surface area (Å²) in [5.41, 5.74) is 0.299. The Morgan fingerprint density at radius 1 is 1.44 bits per heavy atom. The zero-order valence-corrected chi connectivity index (χ0v) is 10.1. The van der Waals surface area contributed by atoms with E-state index in [9.17, 15) is 9.18 Å². The molecule has 0 bridgehead atoms. The average molecular weight is 285 g/mol. The zero-order chi connectivity index (χ0) is 11.5. The fourth-order valence-corrected chi connectivity index (χ4v) is 1.97. The fourth-order valence-electron chi connectivity index (χ4n) is 1.53. The lowest BCUT2D eigenvalue weighted by Crippen LogP contribution is -2.12. The second-order valence-corrected chi connectivity index (χ2v) is 4.28. The molecule has 0 unspecified atom stereocenters. The summed E-state index contributed by atoms with van der Waals surface area (Å²) in [5, 5.41) is 0. The summed E-state index contributed by atoms with van der Waals surface area (Å²) < 4.78 is 18.7. The smallest absolute Gasteiger partial charge is 0.228 e. The number of carbonyl (C=O) groups excluding carboxylic acids is 1. The van der Waals surface area contributed by atoms with Crippen molar-refractivity contribution in [3.63, 3.8) is 0 Å². The van der Waals surface area contributed by atoms with Crippen LogP contribution in [0.4, 0.5) is 4.39 Å². The Morgan fingerprint density at radius 2 is 2.25 bits per heavy atom. The van der Waals surface area contributed by atoms with Crippen molar-refractivity contribution in [3.05, 3.63) is 45.9 Å². The molecule has 0 amide bonds. The highest BCUT2D eigenvalue weighted by Crippen LogP contribution is 2.24. The van der Waals surface area contributed by atoms with Crippen LogP contribution < -0.4 is 0 Å². The van der Waals surface area contributed by atoms with Gasteiger partial charge in [0.2, 0.25) is 5.78 Å². The van der Waals surface area contributed by atoms with Crippen LogP contribution in [-0.4, -0.2) is 12.4 Å². The molecule has 4 heteroatoms. The van der Waals surface area contributed by atoms with Gasteiger partial charge in [-0.1, -0.05) is 6.07 Å². The highest BCUT2D eigenvalue weighted by Gasteiger charge is 2.19. The summed E-state index contributed by atoms with van der Waals surface area (Å²) in [6.07, 6.45) is 3.50. The van der Waals surface area contributed by atoms with E-state index in [0.29, 0.717) is 17.9 Å². The van der Waals surface area contributed by atoms with E-state index in [0.717, 1.165) is 12.8 Å². The number of Topliss-reactive ketones (excluding diaryl/α,β-unsaturated/α-hetero) is 1. The lowest BCUT2D eigenvalue weighted by atomic mass is 10.1. The molecule has 0 aliphatic carbocycles. The highest BCUT2D eigenvalue weighted by molar-refractivity contribution is 9.10. The molecule has 84 valence electrons. The Morgan fingerprint density at radius 3 is 2.94 bits per heavy atom. The van der Waals surface area contributed by atoms with E-state index in [1.165, 1.54) is 12.1 Å². The molecule has 16 heavy (non-hydrogen) atoms. The van der Waals surface area contributed by atoms with Gasteiger partial charge in [0.1, 0.15) is 5.82 Å². The zero-order valence-electron chi connectivity index (χ0n) is 8.50. The number of allylic oxidation sites excluding steroid dienone is 2. The van der Waals surface area contributed by atoms with E-state index in [-0.39, 0.29) is 10.3 Å². The Labute approximate surface area is 101 Å². The Kier molecular flexibility index (Phi) is 3.39. The summed E-state index contributed by atoms with van der Waals surface area (Å²) in [6, 6.07) is 4.39. The number of hydrogen-bond acceptors (Lipinski definition) is 2. The molecule has 0 saturated heterocycles. The van der Waals surface area contributed by atoms with Gasteiger partial charge in [0, 0.05) is 5.56 Å². The summed E-state index contributed by atoms with van der Waals surface area (Å²) in [6.45, 7) is 0.546. The van der Waals surface area contributed by atoms with Gasteiger partial charge in [0.15, 0.2) is 5.76 Å². The minimum absolute atomic E-state index is 0.190. The van der Waals surface area contributed by atoms with Crippen LogP contribution in [0.3, 0.4) is 0 Å². The molecular formula is C12H10BrFO2. The van der Waals surface area contributed by atoms with E-state index >= 15 is 0 Å². The minimum atomic E-state index is -0.442. The molecule has 2 rings (SSSR count). The van der Waals surface area contributed by atoms with E-state index in [4.69, 9.17) is 4.74 Å². The van der Waals surface area contributed by atoms with Gasteiger partial charge < -0.3 is 4.74 Å². The highest BCUT2D eigenvalue weighted by atomic mass is 79.9. The molecule has 1 aromatic carbocycles. The number of carbonyl (C=O) groups is 1. The van der Waals surface area contributed by atoms with Crippen molar-refractivity contribution < 1.29 is 13.9 Å². The summed E-state index contributed by atoms with van der Waals surface area (Å²) in [4.78, 5) is 12.0. The van der Waals surface area contributed by atoms with Crippen LogP contribution in [0, 0.1) is 5.82 Å². The van der Waals surface area contributed by atoms with Gasteiger partial charge in [-0.2, -0.15) is 0 Å². The molecule has 1 aromatic rings. The first-order chi connectivity index (χ1) is 7.70. The third-order valence-corrected chi connectivity index (χ3v) is 3.16. The molecule has 0 aromatic heterocycles. The van der Waals surface area contributed by atoms with E-state index < -0.39 is 5.82 Å². The third-order valence-electron chi connectivity index (χ3n) is 2.36. The maximum atomic E-state index is 13.2. The molecule has 0 radical (unpaired) electrons. The van der Waals surface area contributed by atoms with Crippen molar-refractivity contribution in [2.24, 2.45) is 0 Å². The quantitative estimate of drug-likeness (QED) is 0.778. The molecule has 0 N–H and O–H groups in total. The van der Waals surface area contributed by atoms with Crippen LogP contribution in [0.25, 0.3) is 0 Å². The molecule has 2 nitrogen and oxygen atoms in total. The van der Waals surface area contributed by atoms with Crippen LogP contribution in [-0.2, 0) is 4.74 Å². The van der Waals surface area contributed by atoms with Crippen LogP contribution in [0.15, 0.2) is 34.5 Å². The van der Waals surface area contributed by atoms with Gasteiger partial charge in [-0.05, 0) is 47.0 Å². The van der Waals surface area contributed by atoms with Gasteiger partial charge in [0.25, 0.3) is 0 Å². The lowest BCUT2D eigenvalue weighted by Gasteiger charge is -2.14. The third kappa shape index (κ3) is 2.16. The first-order valence-electron chi connectivity index (χ1n) is 5.02. The number of benzene rings is 1. The molecule has 0 saturated carbocycles. The van der Waals surface area contributed by atoms with Gasteiger partial charge in [-0.3, -0.25) is 4.79 Å². The largest absolute Gasteiger partial charge is 0.490 e. The maximum absolute atomic E-state index is 13.2. The van der Waals surface area contributed by atoms with Gasteiger partial charge in [-0.25, -0.2) is 4.39 Å². The first-order valence-corrected chi connectivity index (χ1v) is 5.81. The van der Waals surface area contributed by atoms with Gasteiger partial charge in [-0.15, -0.1) is 0 Å². The normalized spacial score (nSPS) is 15.2.